The Morgan fingerprint density at radius 3 is 2.58 bits per heavy atom. The lowest BCUT2D eigenvalue weighted by Crippen LogP contribution is -2.38. The van der Waals surface area contributed by atoms with Crippen molar-refractivity contribution >= 4 is 23.2 Å². The number of carbonyl (C=O) groups excluding carboxylic acids is 2. The Balaban J connectivity index is 1.65. The number of hydrogen-bond donors (Lipinski definition) is 1. The lowest BCUT2D eigenvalue weighted by molar-refractivity contribution is -0.134. The minimum absolute atomic E-state index is 0.0370. The van der Waals surface area contributed by atoms with Gasteiger partial charge in [-0.2, -0.15) is 0 Å². The van der Waals surface area contributed by atoms with E-state index in [1.54, 1.807) is 7.11 Å². The van der Waals surface area contributed by atoms with Gasteiger partial charge in [0.2, 0.25) is 0 Å². The van der Waals surface area contributed by atoms with Gasteiger partial charge in [-0.1, -0.05) is 30.3 Å². The van der Waals surface area contributed by atoms with E-state index in [9.17, 15) is 9.59 Å². The molecule has 7 nitrogen and oxygen atoms in total. The summed E-state index contributed by atoms with van der Waals surface area (Å²) >= 11 is 1.36. The number of hydrogen-bond acceptors (Lipinski definition) is 6. The molecule has 0 spiro atoms. The zero-order valence-electron chi connectivity index (χ0n) is 17.9. The number of piperidine rings is 1. The molecule has 0 bridgehead atoms. The van der Waals surface area contributed by atoms with Crippen LogP contribution < -0.4 is 10.1 Å². The highest BCUT2D eigenvalue weighted by atomic mass is 32.1. The van der Waals surface area contributed by atoms with Crippen LogP contribution in [0.15, 0.2) is 36.4 Å². The van der Waals surface area contributed by atoms with Gasteiger partial charge >= 0.3 is 0 Å². The van der Waals surface area contributed by atoms with E-state index in [1.807, 2.05) is 41.3 Å². The number of ether oxygens (including phenoxy) is 3. The first-order valence-electron chi connectivity index (χ1n) is 10.6. The zero-order valence-corrected chi connectivity index (χ0v) is 18.7. The van der Waals surface area contributed by atoms with Crippen molar-refractivity contribution < 1.29 is 23.8 Å². The number of benzene rings is 1. The van der Waals surface area contributed by atoms with Gasteiger partial charge in [0.15, 0.2) is 6.61 Å². The minimum Gasteiger partial charge on any atom is -0.482 e. The number of nitrogens with zero attached hydrogens (tertiary/aromatic N) is 1. The lowest BCUT2D eigenvalue weighted by atomic mass is 10.1. The Kier molecular flexibility index (Phi) is 9.33. The Morgan fingerprint density at radius 1 is 1.06 bits per heavy atom. The average Bonchev–Trinajstić information content (AvgIpc) is 3.25. The SMILES string of the molecule is COCCOCCNC(=O)c1sc(-c2ccccc2)cc1OCC(=O)N1CCCCC1. The van der Waals surface area contributed by atoms with E-state index in [0.29, 0.717) is 37.0 Å². The fourth-order valence-electron chi connectivity index (χ4n) is 3.32. The molecule has 1 aliphatic heterocycles. The third-order valence-electron chi connectivity index (χ3n) is 4.99. The molecule has 1 saturated heterocycles. The van der Waals surface area contributed by atoms with Gasteiger partial charge in [-0.05, 0) is 30.9 Å². The highest BCUT2D eigenvalue weighted by molar-refractivity contribution is 7.17. The molecular formula is C23H30N2O5S. The van der Waals surface area contributed by atoms with Gasteiger partial charge in [-0.15, -0.1) is 11.3 Å². The maximum absolute atomic E-state index is 12.8. The first-order chi connectivity index (χ1) is 15.2. The largest absolute Gasteiger partial charge is 0.482 e. The van der Waals surface area contributed by atoms with Crippen molar-refractivity contribution in [1.82, 2.24) is 10.2 Å². The molecule has 31 heavy (non-hydrogen) atoms. The number of rotatable bonds is 11. The van der Waals surface area contributed by atoms with Crippen molar-refractivity contribution in [1.29, 1.82) is 0 Å². The Hall–Kier alpha value is -2.42. The van der Waals surface area contributed by atoms with Gasteiger partial charge in [0.25, 0.3) is 11.8 Å². The summed E-state index contributed by atoms with van der Waals surface area (Å²) in [6.07, 6.45) is 3.22. The molecule has 1 aliphatic rings. The normalized spacial score (nSPS) is 13.8. The highest BCUT2D eigenvalue weighted by Gasteiger charge is 2.21. The second-order valence-corrected chi connectivity index (χ2v) is 8.31. The number of likely N-dealkylation sites (tertiary alicyclic amines) is 1. The van der Waals surface area contributed by atoms with Gasteiger partial charge in [0.05, 0.1) is 19.8 Å². The summed E-state index contributed by atoms with van der Waals surface area (Å²) in [6, 6.07) is 11.7. The third kappa shape index (κ3) is 7.05. The van der Waals surface area contributed by atoms with Crippen LogP contribution in [0.25, 0.3) is 10.4 Å². The van der Waals surface area contributed by atoms with E-state index >= 15 is 0 Å². The number of carbonyl (C=O) groups is 2. The number of thiophene rings is 1. The van der Waals surface area contributed by atoms with E-state index in [0.717, 1.165) is 42.8 Å². The summed E-state index contributed by atoms with van der Waals surface area (Å²) in [5, 5.41) is 2.86. The van der Waals surface area contributed by atoms with Crippen molar-refractivity contribution in [3.8, 4) is 16.2 Å². The van der Waals surface area contributed by atoms with Crippen LogP contribution >= 0.6 is 11.3 Å². The molecule has 1 N–H and O–H groups in total. The number of nitrogens with one attached hydrogen (secondary N) is 1. The molecule has 2 heterocycles. The lowest BCUT2D eigenvalue weighted by Gasteiger charge is -2.26. The zero-order chi connectivity index (χ0) is 21.9. The van der Waals surface area contributed by atoms with Crippen LogP contribution in [0.4, 0.5) is 0 Å². The standard InChI is InChI=1S/C23H30N2O5S/c1-28-14-15-29-13-10-24-23(27)22-19(16-20(31-22)18-8-4-2-5-9-18)30-17-21(26)25-11-6-3-7-12-25/h2,4-5,8-9,16H,3,6-7,10-15,17H2,1H3,(H,24,27). The second-order valence-electron chi connectivity index (χ2n) is 7.26. The predicted molar refractivity (Wildman–Crippen MR) is 121 cm³/mol. The van der Waals surface area contributed by atoms with Crippen molar-refractivity contribution in [3.05, 3.63) is 41.3 Å². The van der Waals surface area contributed by atoms with Crippen LogP contribution in [0, 0.1) is 0 Å². The molecule has 0 saturated carbocycles. The summed E-state index contributed by atoms with van der Waals surface area (Å²) in [5.41, 5.74) is 1.00. The Morgan fingerprint density at radius 2 is 1.84 bits per heavy atom. The molecule has 0 unspecified atom stereocenters. The first-order valence-corrected chi connectivity index (χ1v) is 11.5. The van der Waals surface area contributed by atoms with E-state index in [-0.39, 0.29) is 18.4 Å². The predicted octanol–water partition coefficient (Wildman–Crippen LogP) is 3.20. The molecule has 2 amide bonds. The molecule has 1 fully saturated rings. The van der Waals surface area contributed by atoms with Gasteiger partial charge < -0.3 is 24.4 Å². The molecule has 0 atom stereocenters. The van der Waals surface area contributed by atoms with Crippen LogP contribution in [0.5, 0.6) is 5.75 Å². The number of methoxy groups -OCH3 is 1. The molecule has 168 valence electrons. The summed E-state index contributed by atoms with van der Waals surface area (Å²) in [6.45, 7) is 3.27. The maximum Gasteiger partial charge on any atom is 0.265 e. The minimum atomic E-state index is -0.233. The van der Waals surface area contributed by atoms with E-state index < -0.39 is 0 Å². The first kappa shape index (κ1) is 23.2. The topological polar surface area (TPSA) is 77.1 Å². The molecule has 1 aromatic carbocycles. The molecule has 2 aromatic rings. The van der Waals surface area contributed by atoms with Gasteiger partial charge in [-0.25, -0.2) is 0 Å². The van der Waals surface area contributed by atoms with Crippen LogP contribution in [-0.4, -0.2) is 69.9 Å². The van der Waals surface area contributed by atoms with Gasteiger partial charge in [0.1, 0.15) is 10.6 Å². The summed E-state index contributed by atoms with van der Waals surface area (Å²) in [7, 11) is 1.61. The third-order valence-corrected chi connectivity index (χ3v) is 6.15. The summed E-state index contributed by atoms with van der Waals surface area (Å²) < 4.78 is 16.2. The van der Waals surface area contributed by atoms with Gasteiger partial charge in [0, 0.05) is 31.6 Å². The number of amides is 2. The maximum atomic E-state index is 12.8. The molecule has 8 heteroatoms. The van der Waals surface area contributed by atoms with E-state index in [1.165, 1.54) is 11.3 Å². The fraction of sp³-hybridized carbons (Fsp3) is 0.478. The van der Waals surface area contributed by atoms with E-state index in [2.05, 4.69) is 5.32 Å². The van der Waals surface area contributed by atoms with Crippen molar-refractivity contribution in [2.24, 2.45) is 0 Å². The van der Waals surface area contributed by atoms with Crippen molar-refractivity contribution in [2.45, 2.75) is 19.3 Å². The van der Waals surface area contributed by atoms with Crippen LogP contribution in [0.2, 0.25) is 0 Å². The highest BCUT2D eigenvalue weighted by Crippen LogP contribution is 2.36. The second kappa shape index (κ2) is 12.4. The summed E-state index contributed by atoms with van der Waals surface area (Å²) in [5.74, 6) is 0.167. The Labute approximate surface area is 187 Å². The fourth-order valence-corrected chi connectivity index (χ4v) is 4.34. The Bertz CT molecular complexity index is 834. The van der Waals surface area contributed by atoms with Crippen LogP contribution in [0.3, 0.4) is 0 Å². The average molecular weight is 447 g/mol. The smallest absolute Gasteiger partial charge is 0.265 e. The molecule has 1 aromatic heterocycles. The monoisotopic (exact) mass is 446 g/mol. The van der Waals surface area contributed by atoms with Crippen LogP contribution in [0.1, 0.15) is 28.9 Å². The van der Waals surface area contributed by atoms with Crippen LogP contribution in [-0.2, 0) is 14.3 Å². The molecule has 3 rings (SSSR count). The quantitative estimate of drug-likeness (QED) is 0.537. The van der Waals surface area contributed by atoms with Gasteiger partial charge in [-0.3, -0.25) is 9.59 Å². The molecule has 0 aliphatic carbocycles. The van der Waals surface area contributed by atoms with Crippen molar-refractivity contribution in [3.63, 3.8) is 0 Å². The van der Waals surface area contributed by atoms with E-state index in [4.69, 9.17) is 14.2 Å². The molecule has 0 radical (unpaired) electrons. The summed E-state index contributed by atoms with van der Waals surface area (Å²) in [4.78, 5) is 28.5. The molecular weight excluding hydrogens is 416 g/mol. The van der Waals surface area contributed by atoms with Crippen molar-refractivity contribution in [2.75, 3.05) is 53.2 Å².